The van der Waals surface area contributed by atoms with Gasteiger partial charge in [-0.3, -0.25) is 0 Å². The molecule has 0 fully saturated rings. The van der Waals surface area contributed by atoms with Crippen molar-refractivity contribution in [3.8, 4) is 0 Å². The Hall–Kier alpha value is -0.0800. The summed E-state index contributed by atoms with van der Waals surface area (Å²) in [5, 5.41) is 0. The molecule has 0 bridgehead atoms. The van der Waals surface area contributed by atoms with Crippen LogP contribution in [0.25, 0.3) is 0 Å². The van der Waals surface area contributed by atoms with E-state index < -0.39 is 0 Å². The van der Waals surface area contributed by atoms with Crippen LogP contribution < -0.4 is 0 Å². The van der Waals surface area contributed by atoms with Crippen LogP contribution in [0.1, 0.15) is 13.3 Å². The summed E-state index contributed by atoms with van der Waals surface area (Å²) < 4.78 is 9.99. The minimum Gasteiger partial charge on any atom is -0.385 e. The first-order valence-electron chi connectivity index (χ1n) is 3.24. The Labute approximate surface area is 57.2 Å². The molecule has 0 aromatic heterocycles. The van der Waals surface area contributed by atoms with Crippen LogP contribution in [0.2, 0.25) is 0 Å². The molecule has 0 aliphatic carbocycles. The number of methoxy groups -OCH3 is 1. The van der Waals surface area contributed by atoms with Gasteiger partial charge in [-0.2, -0.15) is 0 Å². The quantitative estimate of drug-likeness (QED) is 0.559. The van der Waals surface area contributed by atoms with Crippen LogP contribution in [0.3, 0.4) is 0 Å². The number of hydrogen-bond donors (Lipinski definition) is 0. The Morgan fingerprint density at radius 2 is 2.22 bits per heavy atom. The first-order chi connectivity index (χ1) is 4.31. The van der Waals surface area contributed by atoms with Crippen molar-refractivity contribution in [2.75, 3.05) is 20.3 Å². The second-order valence-corrected chi connectivity index (χ2v) is 1.86. The van der Waals surface area contributed by atoms with E-state index >= 15 is 0 Å². The van der Waals surface area contributed by atoms with Crippen molar-refractivity contribution in [3.63, 3.8) is 0 Å². The third-order valence-electron chi connectivity index (χ3n) is 1.05. The lowest BCUT2D eigenvalue weighted by atomic mass is 10.3. The average Bonchev–Trinajstić information content (AvgIpc) is 1.85. The van der Waals surface area contributed by atoms with Gasteiger partial charge in [0, 0.05) is 20.3 Å². The van der Waals surface area contributed by atoms with Crippen LogP contribution in [0, 0.1) is 6.92 Å². The zero-order chi connectivity index (χ0) is 7.11. The maximum absolute atomic E-state index is 5.15. The zero-order valence-electron chi connectivity index (χ0n) is 6.22. The molecule has 2 nitrogen and oxygen atoms in total. The molecule has 55 valence electrons. The van der Waals surface area contributed by atoms with Gasteiger partial charge < -0.3 is 9.47 Å². The first kappa shape index (κ1) is 8.92. The summed E-state index contributed by atoms with van der Waals surface area (Å²) in [7, 11) is 1.68. The molecule has 0 saturated carbocycles. The van der Waals surface area contributed by atoms with E-state index in [0.29, 0.717) is 0 Å². The molecular weight excluding hydrogens is 116 g/mol. The largest absolute Gasteiger partial charge is 0.385 e. The molecule has 0 N–H and O–H groups in total. The van der Waals surface area contributed by atoms with Gasteiger partial charge in [0.15, 0.2) is 0 Å². The molecule has 1 atom stereocenters. The normalized spacial score (nSPS) is 13.7. The van der Waals surface area contributed by atoms with Crippen molar-refractivity contribution in [1.82, 2.24) is 0 Å². The van der Waals surface area contributed by atoms with Gasteiger partial charge in [0.1, 0.15) is 0 Å². The lowest BCUT2D eigenvalue weighted by Gasteiger charge is -2.09. The van der Waals surface area contributed by atoms with Crippen LogP contribution in [-0.2, 0) is 9.47 Å². The highest BCUT2D eigenvalue weighted by Gasteiger charge is 1.97. The third kappa shape index (κ3) is 5.80. The second kappa shape index (κ2) is 6.05. The highest BCUT2D eigenvalue weighted by atomic mass is 16.5. The summed E-state index contributed by atoms with van der Waals surface area (Å²) in [4.78, 5) is 0. The molecule has 9 heavy (non-hydrogen) atoms. The van der Waals surface area contributed by atoms with Crippen LogP contribution >= 0.6 is 0 Å². The van der Waals surface area contributed by atoms with Crippen LogP contribution in [0.4, 0.5) is 0 Å². The summed E-state index contributed by atoms with van der Waals surface area (Å²) in [6.07, 6.45) is 0.972. The van der Waals surface area contributed by atoms with Crippen molar-refractivity contribution in [2.24, 2.45) is 0 Å². The Balaban J connectivity index is 2.95. The average molecular weight is 131 g/mol. The number of rotatable bonds is 5. The maximum atomic E-state index is 5.15. The fourth-order valence-corrected chi connectivity index (χ4v) is 0.568. The number of hydrogen-bond acceptors (Lipinski definition) is 2. The molecule has 0 aromatic rings. The van der Waals surface area contributed by atoms with Gasteiger partial charge >= 0.3 is 0 Å². The van der Waals surface area contributed by atoms with Gasteiger partial charge in [-0.25, -0.2) is 0 Å². The summed E-state index contributed by atoms with van der Waals surface area (Å²) >= 11 is 0. The Bertz CT molecular complexity index is 54.9. The molecular formula is C7H15O2. The van der Waals surface area contributed by atoms with Crippen molar-refractivity contribution in [1.29, 1.82) is 0 Å². The highest BCUT2D eigenvalue weighted by Crippen LogP contribution is 1.95. The van der Waals surface area contributed by atoms with E-state index in [1.54, 1.807) is 7.11 Å². The van der Waals surface area contributed by atoms with E-state index in [1.165, 1.54) is 0 Å². The van der Waals surface area contributed by atoms with Gasteiger partial charge in [-0.05, 0) is 20.3 Å². The summed E-state index contributed by atoms with van der Waals surface area (Å²) in [6, 6.07) is 0. The Kier molecular flexibility index (Phi) is 5.99. The first-order valence-corrected chi connectivity index (χ1v) is 3.24. The van der Waals surface area contributed by atoms with Crippen LogP contribution in [0.5, 0.6) is 0 Å². The molecule has 0 aromatic carbocycles. The third-order valence-corrected chi connectivity index (χ3v) is 1.05. The van der Waals surface area contributed by atoms with Gasteiger partial charge in [-0.1, -0.05) is 0 Å². The van der Waals surface area contributed by atoms with Gasteiger partial charge in [0.05, 0.1) is 6.10 Å². The minimum absolute atomic E-state index is 0.0925. The van der Waals surface area contributed by atoms with E-state index in [4.69, 9.17) is 9.47 Å². The molecule has 0 aliphatic rings. The molecule has 1 radical (unpaired) electrons. The molecule has 0 amide bonds. The Morgan fingerprint density at radius 1 is 1.56 bits per heavy atom. The SMILES string of the molecule is [CH2]C(CCOC)OCC. The van der Waals surface area contributed by atoms with E-state index in [0.717, 1.165) is 19.6 Å². The van der Waals surface area contributed by atoms with E-state index in [1.807, 2.05) is 6.92 Å². The molecule has 0 spiro atoms. The summed E-state index contributed by atoms with van der Waals surface area (Å²) in [5.41, 5.74) is 0. The second-order valence-electron chi connectivity index (χ2n) is 1.86. The smallest absolute Gasteiger partial charge is 0.0597 e. The lowest BCUT2D eigenvalue weighted by Crippen LogP contribution is -2.10. The summed E-state index contributed by atoms with van der Waals surface area (Å²) in [6.45, 7) is 7.19. The van der Waals surface area contributed by atoms with Crippen molar-refractivity contribution >= 4 is 0 Å². The zero-order valence-corrected chi connectivity index (χ0v) is 6.22. The van der Waals surface area contributed by atoms with Gasteiger partial charge in [-0.15, -0.1) is 0 Å². The number of ether oxygens (including phenoxy) is 2. The standard InChI is InChI=1S/C7H15O2/c1-4-9-7(2)5-6-8-3/h7H,2,4-6H2,1,3H3. The Morgan fingerprint density at radius 3 is 2.67 bits per heavy atom. The lowest BCUT2D eigenvalue weighted by molar-refractivity contribution is 0.0645. The molecule has 1 unspecified atom stereocenters. The molecule has 0 aliphatic heterocycles. The fraction of sp³-hybridized carbons (Fsp3) is 0.857. The van der Waals surface area contributed by atoms with Gasteiger partial charge in [0.2, 0.25) is 0 Å². The molecule has 0 heterocycles. The van der Waals surface area contributed by atoms with E-state index in [9.17, 15) is 0 Å². The summed E-state index contributed by atoms with van der Waals surface area (Å²) in [5.74, 6) is 0. The predicted molar refractivity (Wildman–Crippen MR) is 37.3 cm³/mol. The van der Waals surface area contributed by atoms with Gasteiger partial charge in [0.25, 0.3) is 0 Å². The van der Waals surface area contributed by atoms with Crippen molar-refractivity contribution in [3.05, 3.63) is 6.92 Å². The molecule has 0 saturated heterocycles. The van der Waals surface area contributed by atoms with E-state index in [-0.39, 0.29) is 6.10 Å². The minimum atomic E-state index is 0.0925. The maximum Gasteiger partial charge on any atom is 0.0597 e. The molecule has 0 rings (SSSR count). The monoisotopic (exact) mass is 131 g/mol. The van der Waals surface area contributed by atoms with E-state index in [2.05, 4.69) is 6.92 Å². The topological polar surface area (TPSA) is 18.5 Å². The molecule has 2 heteroatoms. The van der Waals surface area contributed by atoms with Crippen molar-refractivity contribution in [2.45, 2.75) is 19.4 Å². The highest BCUT2D eigenvalue weighted by molar-refractivity contribution is 4.57. The predicted octanol–water partition coefficient (Wildman–Crippen LogP) is 1.26. The fourth-order valence-electron chi connectivity index (χ4n) is 0.568. The van der Waals surface area contributed by atoms with Crippen molar-refractivity contribution < 1.29 is 9.47 Å². The van der Waals surface area contributed by atoms with Crippen LogP contribution in [-0.4, -0.2) is 26.4 Å². The van der Waals surface area contributed by atoms with Crippen LogP contribution in [0.15, 0.2) is 0 Å².